The van der Waals surface area contributed by atoms with Crippen LogP contribution in [-0.2, 0) is 4.79 Å². The standard InChI is InChI=1S/C7H10NO/c1-8-7(9)6-4-2-3-5-6/h2-3,6H,1,4-5H2,(H,8,9). The second kappa shape index (κ2) is 2.67. The van der Waals surface area contributed by atoms with E-state index >= 15 is 0 Å². The Hall–Kier alpha value is -0.790. The van der Waals surface area contributed by atoms with Crippen LogP contribution in [0.15, 0.2) is 12.2 Å². The van der Waals surface area contributed by atoms with E-state index in [0.717, 1.165) is 12.8 Å². The van der Waals surface area contributed by atoms with E-state index in [-0.39, 0.29) is 11.8 Å². The highest BCUT2D eigenvalue weighted by molar-refractivity contribution is 5.79. The summed E-state index contributed by atoms with van der Waals surface area (Å²) in [4.78, 5) is 10.8. The fourth-order valence-corrected chi connectivity index (χ4v) is 0.976. The van der Waals surface area contributed by atoms with Gasteiger partial charge in [-0.3, -0.25) is 4.79 Å². The van der Waals surface area contributed by atoms with Gasteiger partial charge in [0.25, 0.3) is 0 Å². The molecule has 0 heterocycles. The molecule has 2 nitrogen and oxygen atoms in total. The first-order chi connectivity index (χ1) is 4.34. The van der Waals surface area contributed by atoms with Crippen LogP contribution >= 0.6 is 0 Å². The van der Waals surface area contributed by atoms with E-state index in [9.17, 15) is 4.79 Å². The predicted octanol–water partition coefficient (Wildman–Crippen LogP) is 0.860. The summed E-state index contributed by atoms with van der Waals surface area (Å²) in [7, 11) is 3.30. The lowest BCUT2D eigenvalue weighted by atomic mass is 10.1. The van der Waals surface area contributed by atoms with Crippen LogP contribution in [0.25, 0.3) is 0 Å². The van der Waals surface area contributed by atoms with Crippen LogP contribution in [0.4, 0.5) is 0 Å². The number of nitrogens with one attached hydrogen (secondary N) is 1. The Balaban J connectivity index is 2.36. The Morgan fingerprint density at radius 1 is 1.56 bits per heavy atom. The Kier molecular flexibility index (Phi) is 1.88. The van der Waals surface area contributed by atoms with Crippen LogP contribution in [-0.4, -0.2) is 5.91 Å². The third-order valence-corrected chi connectivity index (χ3v) is 1.55. The maximum absolute atomic E-state index is 10.8. The first-order valence-electron chi connectivity index (χ1n) is 3.06. The molecule has 0 saturated carbocycles. The molecule has 0 aliphatic heterocycles. The van der Waals surface area contributed by atoms with Crippen molar-refractivity contribution in [3.05, 3.63) is 19.2 Å². The van der Waals surface area contributed by atoms with Gasteiger partial charge < -0.3 is 5.32 Å². The van der Waals surface area contributed by atoms with E-state index in [1.807, 2.05) is 12.2 Å². The maximum Gasteiger partial charge on any atom is 0.223 e. The lowest BCUT2D eigenvalue weighted by Crippen LogP contribution is -2.23. The van der Waals surface area contributed by atoms with Gasteiger partial charge in [-0.2, -0.15) is 0 Å². The van der Waals surface area contributed by atoms with Gasteiger partial charge in [0.15, 0.2) is 0 Å². The van der Waals surface area contributed by atoms with Gasteiger partial charge in [-0.15, -0.1) is 0 Å². The van der Waals surface area contributed by atoms with Crippen LogP contribution in [0, 0.1) is 13.0 Å². The van der Waals surface area contributed by atoms with Crippen molar-refractivity contribution in [2.45, 2.75) is 12.8 Å². The summed E-state index contributed by atoms with van der Waals surface area (Å²) in [5, 5.41) is 2.38. The van der Waals surface area contributed by atoms with Crippen molar-refractivity contribution in [3.8, 4) is 0 Å². The third kappa shape index (κ3) is 1.31. The van der Waals surface area contributed by atoms with E-state index in [2.05, 4.69) is 12.4 Å². The van der Waals surface area contributed by atoms with Crippen molar-refractivity contribution >= 4 is 5.91 Å². The van der Waals surface area contributed by atoms with Gasteiger partial charge in [0.1, 0.15) is 0 Å². The molecule has 0 fully saturated rings. The molecule has 0 aromatic heterocycles. The Morgan fingerprint density at radius 2 is 2.11 bits per heavy atom. The SMILES string of the molecule is [CH2]NC(=O)C1CC=CC1. The predicted molar refractivity (Wildman–Crippen MR) is 35.4 cm³/mol. The van der Waals surface area contributed by atoms with Crippen LogP contribution < -0.4 is 5.32 Å². The zero-order valence-electron chi connectivity index (χ0n) is 5.26. The first kappa shape index (κ1) is 6.33. The van der Waals surface area contributed by atoms with E-state index in [4.69, 9.17) is 0 Å². The minimum Gasteiger partial charge on any atom is -0.354 e. The van der Waals surface area contributed by atoms with E-state index < -0.39 is 0 Å². The average molecular weight is 124 g/mol. The van der Waals surface area contributed by atoms with Crippen molar-refractivity contribution in [1.29, 1.82) is 0 Å². The Bertz CT molecular complexity index is 132. The molecule has 1 N–H and O–H groups in total. The molecule has 9 heavy (non-hydrogen) atoms. The van der Waals surface area contributed by atoms with Gasteiger partial charge in [0.05, 0.1) is 0 Å². The zero-order valence-corrected chi connectivity index (χ0v) is 5.26. The number of hydrogen-bond donors (Lipinski definition) is 1. The van der Waals surface area contributed by atoms with Crippen LogP contribution in [0.2, 0.25) is 0 Å². The van der Waals surface area contributed by atoms with Gasteiger partial charge in [-0.25, -0.2) is 0 Å². The average Bonchev–Trinajstić information content (AvgIpc) is 2.37. The Labute approximate surface area is 54.9 Å². The highest BCUT2D eigenvalue weighted by atomic mass is 16.1. The molecular formula is C7H10NO. The number of carbonyl (C=O) groups excluding carboxylic acids is 1. The van der Waals surface area contributed by atoms with Gasteiger partial charge in [-0.05, 0) is 12.8 Å². The molecule has 0 saturated heterocycles. The van der Waals surface area contributed by atoms with Crippen molar-refractivity contribution < 1.29 is 4.79 Å². The maximum atomic E-state index is 10.8. The molecule has 1 rings (SSSR count). The highest BCUT2D eigenvalue weighted by Crippen LogP contribution is 2.16. The summed E-state index contributed by atoms with van der Waals surface area (Å²) in [6.07, 6.45) is 5.81. The first-order valence-corrected chi connectivity index (χ1v) is 3.06. The van der Waals surface area contributed by atoms with Crippen molar-refractivity contribution in [2.75, 3.05) is 0 Å². The van der Waals surface area contributed by atoms with Crippen LogP contribution in [0.5, 0.6) is 0 Å². The summed E-state index contributed by atoms with van der Waals surface area (Å²) in [6.45, 7) is 0. The van der Waals surface area contributed by atoms with Crippen molar-refractivity contribution in [2.24, 2.45) is 5.92 Å². The summed E-state index contributed by atoms with van der Waals surface area (Å²) in [6, 6.07) is 0. The molecule has 1 amide bonds. The second-order valence-electron chi connectivity index (χ2n) is 2.18. The number of hydrogen-bond acceptors (Lipinski definition) is 1. The smallest absolute Gasteiger partial charge is 0.223 e. The van der Waals surface area contributed by atoms with Gasteiger partial charge in [0, 0.05) is 13.0 Å². The molecule has 0 bridgehead atoms. The molecule has 49 valence electrons. The van der Waals surface area contributed by atoms with Gasteiger partial charge >= 0.3 is 0 Å². The molecule has 0 atom stereocenters. The summed E-state index contributed by atoms with van der Waals surface area (Å²) in [5.74, 6) is 0.211. The van der Waals surface area contributed by atoms with E-state index in [0.29, 0.717) is 0 Å². The van der Waals surface area contributed by atoms with Crippen LogP contribution in [0.3, 0.4) is 0 Å². The van der Waals surface area contributed by atoms with Gasteiger partial charge in [-0.1, -0.05) is 12.2 Å². The fraction of sp³-hybridized carbons (Fsp3) is 0.429. The molecule has 0 spiro atoms. The minimum absolute atomic E-state index is 0.0556. The quantitative estimate of drug-likeness (QED) is 0.516. The Morgan fingerprint density at radius 3 is 2.56 bits per heavy atom. The lowest BCUT2D eigenvalue weighted by molar-refractivity contribution is -0.123. The molecule has 0 unspecified atom stereocenters. The van der Waals surface area contributed by atoms with Crippen molar-refractivity contribution in [1.82, 2.24) is 5.32 Å². The molecule has 1 aliphatic carbocycles. The van der Waals surface area contributed by atoms with Crippen LogP contribution in [0.1, 0.15) is 12.8 Å². The monoisotopic (exact) mass is 124 g/mol. The molecule has 1 radical (unpaired) electrons. The number of rotatable bonds is 1. The lowest BCUT2D eigenvalue weighted by Gasteiger charge is -2.04. The number of amides is 1. The van der Waals surface area contributed by atoms with E-state index in [1.165, 1.54) is 0 Å². The second-order valence-corrected chi connectivity index (χ2v) is 2.18. The zero-order chi connectivity index (χ0) is 6.69. The number of allylic oxidation sites excluding steroid dienone is 2. The molecule has 0 aromatic rings. The topological polar surface area (TPSA) is 29.1 Å². The molecule has 1 aliphatic rings. The fourth-order valence-electron chi connectivity index (χ4n) is 0.976. The normalized spacial score (nSPS) is 18.3. The summed E-state index contributed by atoms with van der Waals surface area (Å²) < 4.78 is 0. The minimum atomic E-state index is 0.0556. The van der Waals surface area contributed by atoms with Gasteiger partial charge in [0.2, 0.25) is 5.91 Å². The third-order valence-electron chi connectivity index (χ3n) is 1.55. The summed E-state index contributed by atoms with van der Waals surface area (Å²) >= 11 is 0. The largest absolute Gasteiger partial charge is 0.354 e. The summed E-state index contributed by atoms with van der Waals surface area (Å²) in [5.41, 5.74) is 0. The van der Waals surface area contributed by atoms with E-state index in [1.54, 1.807) is 0 Å². The molecular weight excluding hydrogens is 114 g/mol. The van der Waals surface area contributed by atoms with Crippen molar-refractivity contribution in [3.63, 3.8) is 0 Å². The highest BCUT2D eigenvalue weighted by Gasteiger charge is 2.16. The molecule has 0 aromatic carbocycles. The molecule has 2 heteroatoms. The number of carbonyl (C=O) groups is 1.